The third kappa shape index (κ3) is 3.00. The van der Waals surface area contributed by atoms with Crippen LogP contribution in [0.4, 0.5) is 4.39 Å². The Hall–Kier alpha value is -0.540. The Kier molecular flexibility index (Phi) is 3.56. The SMILES string of the molecule is CNC(C)(C)Sc1ccc(F)cc1C. The van der Waals surface area contributed by atoms with Crippen molar-refractivity contribution in [3.8, 4) is 0 Å². The molecule has 1 N–H and O–H groups in total. The maximum Gasteiger partial charge on any atom is 0.123 e. The minimum absolute atomic E-state index is 0.0252. The molecule has 0 fully saturated rings. The van der Waals surface area contributed by atoms with Gasteiger partial charge in [-0.3, -0.25) is 0 Å². The quantitative estimate of drug-likeness (QED) is 0.611. The Morgan fingerprint density at radius 2 is 2.00 bits per heavy atom. The molecule has 1 aromatic carbocycles. The fourth-order valence-corrected chi connectivity index (χ4v) is 2.06. The van der Waals surface area contributed by atoms with E-state index in [0.29, 0.717) is 0 Å². The third-order valence-corrected chi connectivity index (χ3v) is 3.50. The fourth-order valence-electron chi connectivity index (χ4n) is 1.05. The van der Waals surface area contributed by atoms with Crippen molar-refractivity contribution in [2.75, 3.05) is 7.05 Å². The van der Waals surface area contributed by atoms with Gasteiger partial charge in [-0.1, -0.05) is 0 Å². The molecule has 0 aliphatic heterocycles. The van der Waals surface area contributed by atoms with E-state index in [1.54, 1.807) is 17.8 Å². The van der Waals surface area contributed by atoms with Crippen molar-refractivity contribution in [2.45, 2.75) is 30.5 Å². The Balaban J connectivity index is 2.87. The molecule has 0 amide bonds. The van der Waals surface area contributed by atoms with Gasteiger partial charge in [0.1, 0.15) is 5.82 Å². The van der Waals surface area contributed by atoms with Crippen molar-refractivity contribution >= 4 is 11.8 Å². The van der Waals surface area contributed by atoms with Crippen LogP contribution in [0, 0.1) is 12.7 Å². The summed E-state index contributed by atoms with van der Waals surface area (Å²) in [6, 6.07) is 4.89. The molecule has 1 aromatic rings. The van der Waals surface area contributed by atoms with Crippen LogP contribution in [0.1, 0.15) is 19.4 Å². The maximum absolute atomic E-state index is 12.8. The topological polar surface area (TPSA) is 12.0 Å². The molecule has 0 unspecified atom stereocenters. The number of benzene rings is 1. The highest BCUT2D eigenvalue weighted by molar-refractivity contribution is 8.00. The first-order chi connectivity index (χ1) is 6.44. The third-order valence-electron chi connectivity index (χ3n) is 2.10. The highest BCUT2D eigenvalue weighted by atomic mass is 32.2. The van der Waals surface area contributed by atoms with Crippen LogP contribution in [0.5, 0.6) is 0 Å². The molecule has 1 rings (SSSR count). The van der Waals surface area contributed by atoms with Crippen LogP contribution in [0.15, 0.2) is 23.1 Å². The number of thioether (sulfide) groups is 1. The van der Waals surface area contributed by atoms with Crippen LogP contribution in [0.3, 0.4) is 0 Å². The maximum atomic E-state index is 12.8. The predicted octanol–water partition coefficient (Wildman–Crippen LogP) is 3.18. The predicted molar refractivity (Wildman–Crippen MR) is 60.1 cm³/mol. The van der Waals surface area contributed by atoms with E-state index in [1.165, 1.54) is 6.07 Å². The summed E-state index contributed by atoms with van der Waals surface area (Å²) in [4.78, 5) is 1.09. The first-order valence-electron chi connectivity index (χ1n) is 4.59. The van der Waals surface area contributed by atoms with Gasteiger partial charge < -0.3 is 5.32 Å². The van der Waals surface area contributed by atoms with Crippen LogP contribution in [0.2, 0.25) is 0 Å². The Bertz CT molecular complexity index is 323. The second kappa shape index (κ2) is 4.32. The van der Waals surface area contributed by atoms with E-state index in [0.717, 1.165) is 10.5 Å². The second-order valence-corrected chi connectivity index (χ2v) is 5.44. The molecule has 0 heterocycles. The molecule has 0 saturated heterocycles. The van der Waals surface area contributed by atoms with Gasteiger partial charge in [-0.2, -0.15) is 0 Å². The summed E-state index contributed by atoms with van der Waals surface area (Å²) in [5, 5.41) is 3.20. The molecule has 0 spiro atoms. The van der Waals surface area contributed by atoms with Crippen molar-refractivity contribution < 1.29 is 4.39 Å². The van der Waals surface area contributed by atoms with Gasteiger partial charge in [-0.15, -0.1) is 11.8 Å². The summed E-state index contributed by atoms with van der Waals surface area (Å²) in [5.41, 5.74) is 0.985. The van der Waals surface area contributed by atoms with E-state index in [-0.39, 0.29) is 10.7 Å². The van der Waals surface area contributed by atoms with E-state index in [1.807, 2.05) is 20.0 Å². The molecule has 0 radical (unpaired) electrons. The smallest absolute Gasteiger partial charge is 0.123 e. The fraction of sp³-hybridized carbons (Fsp3) is 0.455. The van der Waals surface area contributed by atoms with Crippen LogP contribution in [-0.2, 0) is 0 Å². The van der Waals surface area contributed by atoms with Crippen LogP contribution >= 0.6 is 11.8 Å². The molecule has 0 atom stereocenters. The number of hydrogen-bond acceptors (Lipinski definition) is 2. The molecular formula is C11H16FNS. The van der Waals surface area contributed by atoms with Crippen molar-refractivity contribution in [1.82, 2.24) is 5.32 Å². The van der Waals surface area contributed by atoms with Gasteiger partial charge in [-0.25, -0.2) is 4.39 Å². The molecule has 0 saturated carbocycles. The Labute approximate surface area is 89.1 Å². The zero-order valence-corrected chi connectivity index (χ0v) is 9.83. The molecule has 0 aromatic heterocycles. The number of rotatable bonds is 3. The zero-order chi connectivity index (χ0) is 10.8. The van der Waals surface area contributed by atoms with E-state index >= 15 is 0 Å². The van der Waals surface area contributed by atoms with Gasteiger partial charge in [0.2, 0.25) is 0 Å². The first kappa shape index (κ1) is 11.5. The molecule has 1 nitrogen and oxygen atoms in total. The van der Waals surface area contributed by atoms with Crippen molar-refractivity contribution in [3.05, 3.63) is 29.6 Å². The average Bonchev–Trinajstić information content (AvgIpc) is 2.10. The van der Waals surface area contributed by atoms with Crippen LogP contribution in [-0.4, -0.2) is 11.9 Å². The number of halogens is 1. The molecule has 0 bridgehead atoms. The van der Waals surface area contributed by atoms with Crippen molar-refractivity contribution in [2.24, 2.45) is 0 Å². The normalized spacial score (nSPS) is 11.8. The van der Waals surface area contributed by atoms with E-state index in [4.69, 9.17) is 0 Å². The molecule has 3 heteroatoms. The van der Waals surface area contributed by atoms with Gasteiger partial charge >= 0.3 is 0 Å². The van der Waals surface area contributed by atoms with Crippen LogP contribution in [0.25, 0.3) is 0 Å². The zero-order valence-electron chi connectivity index (χ0n) is 9.02. The monoisotopic (exact) mass is 213 g/mol. The van der Waals surface area contributed by atoms with Gasteiger partial charge in [-0.05, 0) is 51.6 Å². The lowest BCUT2D eigenvalue weighted by atomic mass is 10.2. The second-order valence-electron chi connectivity index (χ2n) is 3.77. The molecule has 78 valence electrons. The highest BCUT2D eigenvalue weighted by Gasteiger charge is 2.17. The summed E-state index contributed by atoms with van der Waals surface area (Å²) in [6.45, 7) is 6.12. The lowest BCUT2D eigenvalue weighted by Gasteiger charge is -2.24. The molecule has 0 aliphatic rings. The minimum Gasteiger partial charge on any atom is -0.306 e. The minimum atomic E-state index is -0.172. The molecule has 14 heavy (non-hydrogen) atoms. The van der Waals surface area contributed by atoms with E-state index in [2.05, 4.69) is 19.2 Å². The van der Waals surface area contributed by atoms with Crippen LogP contribution < -0.4 is 5.32 Å². The average molecular weight is 213 g/mol. The summed E-state index contributed by atoms with van der Waals surface area (Å²) in [5.74, 6) is -0.172. The summed E-state index contributed by atoms with van der Waals surface area (Å²) >= 11 is 1.70. The number of aryl methyl sites for hydroxylation is 1. The van der Waals surface area contributed by atoms with E-state index < -0.39 is 0 Å². The number of nitrogens with one attached hydrogen (secondary N) is 1. The largest absolute Gasteiger partial charge is 0.306 e. The molecule has 0 aliphatic carbocycles. The van der Waals surface area contributed by atoms with E-state index in [9.17, 15) is 4.39 Å². The van der Waals surface area contributed by atoms with Gasteiger partial charge in [0.05, 0.1) is 4.87 Å². The van der Waals surface area contributed by atoms with Crippen molar-refractivity contribution in [3.63, 3.8) is 0 Å². The Morgan fingerprint density at radius 1 is 1.36 bits per heavy atom. The van der Waals surface area contributed by atoms with Gasteiger partial charge in [0.15, 0.2) is 0 Å². The lowest BCUT2D eigenvalue weighted by Crippen LogP contribution is -2.31. The summed E-state index contributed by atoms with van der Waals surface area (Å²) < 4.78 is 12.8. The lowest BCUT2D eigenvalue weighted by molar-refractivity contribution is 0.607. The molecular weight excluding hydrogens is 197 g/mol. The van der Waals surface area contributed by atoms with Gasteiger partial charge in [0, 0.05) is 4.90 Å². The summed E-state index contributed by atoms with van der Waals surface area (Å²) in [6.07, 6.45) is 0. The van der Waals surface area contributed by atoms with Gasteiger partial charge in [0.25, 0.3) is 0 Å². The number of hydrogen-bond donors (Lipinski definition) is 1. The first-order valence-corrected chi connectivity index (χ1v) is 5.40. The standard InChI is InChI=1S/C11H16FNS/c1-8-7-9(12)5-6-10(8)14-11(2,3)13-4/h5-7,13H,1-4H3. The highest BCUT2D eigenvalue weighted by Crippen LogP contribution is 2.32. The van der Waals surface area contributed by atoms with Crippen molar-refractivity contribution in [1.29, 1.82) is 0 Å². The summed E-state index contributed by atoms with van der Waals surface area (Å²) in [7, 11) is 1.92. The Morgan fingerprint density at radius 3 is 2.50 bits per heavy atom.